The molecular formula is C14H21N3O3. The number of esters is 1. The molecule has 1 fully saturated rings. The van der Waals surface area contributed by atoms with Crippen molar-refractivity contribution in [1.82, 2.24) is 14.7 Å². The van der Waals surface area contributed by atoms with Gasteiger partial charge in [-0.25, -0.2) is 0 Å². The first-order chi connectivity index (χ1) is 9.56. The van der Waals surface area contributed by atoms with Crippen LogP contribution in [-0.2, 0) is 16.1 Å². The van der Waals surface area contributed by atoms with Crippen LogP contribution in [-0.4, -0.2) is 46.8 Å². The molecule has 1 aromatic heterocycles. The van der Waals surface area contributed by atoms with Crippen LogP contribution < -0.4 is 0 Å². The Kier molecular flexibility index (Phi) is 4.42. The topological polar surface area (TPSA) is 64.4 Å². The number of methoxy groups -OCH3 is 1. The monoisotopic (exact) mass is 279 g/mol. The van der Waals surface area contributed by atoms with Gasteiger partial charge in [-0.1, -0.05) is 0 Å². The number of amides is 1. The van der Waals surface area contributed by atoms with Crippen molar-refractivity contribution in [2.75, 3.05) is 20.2 Å². The molecule has 0 aliphatic carbocycles. The number of rotatable bonds is 3. The standard InChI is InChI=1S/C14H21N3O3/c1-4-17-12(8-10(2)15-17)13(18)16-7-5-6-11(9-16)14(19)20-3/h8,11H,4-7,9H2,1-3H3/t11-/m0/s1. The molecule has 1 aromatic rings. The maximum Gasteiger partial charge on any atom is 0.310 e. The highest BCUT2D eigenvalue weighted by atomic mass is 16.5. The molecule has 1 atom stereocenters. The van der Waals surface area contributed by atoms with Crippen molar-refractivity contribution in [3.8, 4) is 0 Å². The lowest BCUT2D eigenvalue weighted by molar-refractivity contribution is -0.146. The fraction of sp³-hybridized carbons (Fsp3) is 0.643. The second kappa shape index (κ2) is 6.07. The zero-order valence-electron chi connectivity index (χ0n) is 12.3. The predicted molar refractivity (Wildman–Crippen MR) is 73.3 cm³/mol. The van der Waals surface area contributed by atoms with E-state index in [0.717, 1.165) is 18.5 Å². The first kappa shape index (κ1) is 14.6. The summed E-state index contributed by atoms with van der Waals surface area (Å²) in [7, 11) is 1.39. The van der Waals surface area contributed by atoms with Crippen LogP contribution in [0.1, 0.15) is 35.9 Å². The lowest BCUT2D eigenvalue weighted by Crippen LogP contribution is -2.43. The molecule has 1 aliphatic heterocycles. The number of aryl methyl sites for hydroxylation is 2. The van der Waals surface area contributed by atoms with Gasteiger partial charge in [0.05, 0.1) is 18.7 Å². The molecule has 0 spiro atoms. The van der Waals surface area contributed by atoms with Crippen molar-refractivity contribution in [2.45, 2.75) is 33.2 Å². The lowest BCUT2D eigenvalue weighted by Gasteiger charge is -2.31. The van der Waals surface area contributed by atoms with Crippen LogP contribution in [0.15, 0.2) is 6.07 Å². The molecule has 1 saturated heterocycles. The van der Waals surface area contributed by atoms with Crippen molar-refractivity contribution in [3.63, 3.8) is 0 Å². The molecule has 0 radical (unpaired) electrons. The third-order valence-electron chi connectivity index (χ3n) is 3.66. The fourth-order valence-electron chi connectivity index (χ4n) is 2.64. The van der Waals surface area contributed by atoms with Crippen molar-refractivity contribution in [2.24, 2.45) is 5.92 Å². The summed E-state index contributed by atoms with van der Waals surface area (Å²) in [5, 5.41) is 4.29. The van der Waals surface area contributed by atoms with Gasteiger partial charge in [0.25, 0.3) is 5.91 Å². The molecule has 0 unspecified atom stereocenters. The molecule has 2 rings (SSSR count). The van der Waals surface area contributed by atoms with Gasteiger partial charge < -0.3 is 9.64 Å². The van der Waals surface area contributed by atoms with Gasteiger partial charge in [-0.15, -0.1) is 0 Å². The molecule has 6 heteroatoms. The molecule has 20 heavy (non-hydrogen) atoms. The van der Waals surface area contributed by atoms with Gasteiger partial charge in [0, 0.05) is 19.6 Å². The highest BCUT2D eigenvalue weighted by molar-refractivity contribution is 5.93. The number of hydrogen-bond donors (Lipinski definition) is 0. The Labute approximate surface area is 118 Å². The van der Waals surface area contributed by atoms with Crippen molar-refractivity contribution >= 4 is 11.9 Å². The maximum atomic E-state index is 12.6. The zero-order chi connectivity index (χ0) is 14.7. The van der Waals surface area contributed by atoms with E-state index >= 15 is 0 Å². The van der Waals surface area contributed by atoms with Crippen LogP contribution in [0.25, 0.3) is 0 Å². The SMILES string of the molecule is CCn1nc(C)cc1C(=O)N1CCC[C@H](C(=O)OC)C1. The molecule has 1 amide bonds. The second-order valence-corrected chi connectivity index (χ2v) is 5.10. The normalized spacial score (nSPS) is 18.9. The van der Waals surface area contributed by atoms with E-state index in [-0.39, 0.29) is 17.8 Å². The van der Waals surface area contributed by atoms with Gasteiger partial charge in [0.15, 0.2) is 0 Å². The molecular weight excluding hydrogens is 258 g/mol. The van der Waals surface area contributed by atoms with Crippen molar-refractivity contribution in [1.29, 1.82) is 0 Å². The molecule has 2 heterocycles. The van der Waals surface area contributed by atoms with Crippen LogP contribution in [0.3, 0.4) is 0 Å². The van der Waals surface area contributed by atoms with Gasteiger partial charge in [-0.2, -0.15) is 5.10 Å². The molecule has 0 saturated carbocycles. The third kappa shape index (κ3) is 2.84. The zero-order valence-corrected chi connectivity index (χ0v) is 12.3. The van der Waals surface area contributed by atoms with Crippen LogP contribution in [0.4, 0.5) is 0 Å². The third-order valence-corrected chi connectivity index (χ3v) is 3.66. The highest BCUT2D eigenvalue weighted by Crippen LogP contribution is 2.20. The summed E-state index contributed by atoms with van der Waals surface area (Å²) >= 11 is 0. The Morgan fingerprint density at radius 3 is 2.90 bits per heavy atom. The Morgan fingerprint density at radius 2 is 2.25 bits per heavy atom. The molecule has 1 aliphatic rings. The summed E-state index contributed by atoms with van der Waals surface area (Å²) < 4.78 is 6.49. The Balaban J connectivity index is 2.14. The number of ether oxygens (including phenoxy) is 1. The number of likely N-dealkylation sites (tertiary alicyclic amines) is 1. The van der Waals surface area contributed by atoms with Gasteiger partial charge in [-0.05, 0) is 32.8 Å². The fourth-order valence-corrected chi connectivity index (χ4v) is 2.64. The van der Waals surface area contributed by atoms with E-state index in [4.69, 9.17) is 4.74 Å². The maximum absolute atomic E-state index is 12.6. The van der Waals surface area contributed by atoms with Crippen LogP contribution in [0, 0.1) is 12.8 Å². The summed E-state index contributed by atoms with van der Waals surface area (Å²) in [6.45, 7) is 5.59. The van der Waals surface area contributed by atoms with Crippen molar-refractivity contribution in [3.05, 3.63) is 17.5 Å². The Hall–Kier alpha value is -1.85. The first-order valence-electron chi connectivity index (χ1n) is 6.98. The largest absolute Gasteiger partial charge is 0.469 e. The average Bonchev–Trinajstić information content (AvgIpc) is 2.86. The van der Waals surface area contributed by atoms with Crippen LogP contribution in [0.5, 0.6) is 0 Å². The molecule has 0 aromatic carbocycles. The van der Waals surface area contributed by atoms with E-state index < -0.39 is 0 Å². The molecule has 6 nitrogen and oxygen atoms in total. The van der Waals surface area contributed by atoms with Crippen LogP contribution >= 0.6 is 0 Å². The van der Waals surface area contributed by atoms with E-state index in [0.29, 0.717) is 25.3 Å². The van der Waals surface area contributed by atoms with E-state index in [9.17, 15) is 9.59 Å². The summed E-state index contributed by atoms with van der Waals surface area (Å²) in [5.74, 6) is -0.500. The Bertz CT molecular complexity index is 510. The van der Waals surface area contributed by atoms with E-state index in [1.165, 1.54) is 7.11 Å². The molecule has 0 N–H and O–H groups in total. The molecule has 110 valence electrons. The number of hydrogen-bond acceptors (Lipinski definition) is 4. The smallest absolute Gasteiger partial charge is 0.310 e. The van der Waals surface area contributed by atoms with Gasteiger partial charge in [0.1, 0.15) is 5.69 Å². The summed E-state index contributed by atoms with van der Waals surface area (Å²) in [6.07, 6.45) is 1.60. The quantitative estimate of drug-likeness (QED) is 0.781. The van der Waals surface area contributed by atoms with E-state index in [2.05, 4.69) is 5.10 Å². The minimum atomic E-state index is -0.234. The van der Waals surface area contributed by atoms with Gasteiger partial charge in [0.2, 0.25) is 0 Å². The summed E-state index contributed by atoms with van der Waals surface area (Å²) in [4.78, 5) is 25.9. The number of carbonyl (C=O) groups is 2. The van der Waals surface area contributed by atoms with E-state index in [1.807, 2.05) is 13.8 Å². The second-order valence-electron chi connectivity index (χ2n) is 5.10. The first-order valence-corrected chi connectivity index (χ1v) is 6.98. The van der Waals surface area contributed by atoms with Crippen molar-refractivity contribution < 1.29 is 14.3 Å². The summed E-state index contributed by atoms with van der Waals surface area (Å²) in [5.41, 5.74) is 1.42. The van der Waals surface area contributed by atoms with Gasteiger partial charge in [-0.3, -0.25) is 14.3 Å². The number of nitrogens with zero attached hydrogens (tertiary/aromatic N) is 3. The van der Waals surface area contributed by atoms with Crippen LogP contribution in [0.2, 0.25) is 0 Å². The average molecular weight is 279 g/mol. The highest BCUT2D eigenvalue weighted by Gasteiger charge is 2.30. The minimum absolute atomic E-state index is 0.0546. The molecule has 0 bridgehead atoms. The predicted octanol–water partition coefficient (Wildman–Crippen LogP) is 1.24. The Morgan fingerprint density at radius 1 is 1.50 bits per heavy atom. The summed E-state index contributed by atoms with van der Waals surface area (Å²) in [6, 6.07) is 1.80. The number of piperidine rings is 1. The van der Waals surface area contributed by atoms with Gasteiger partial charge >= 0.3 is 5.97 Å². The minimum Gasteiger partial charge on any atom is -0.469 e. The lowest BCUT2D eigenvalue weighted by atomic mass is 9.98. The number of carbonyl (C=O) groups excluding carboxylic acids is 2. The van der Waals surface area contributed by atoms with E-state index in [1.54, 1.807) is 15.6 Å². The number of aromatic nitrogens is 2.